The van der Waals surface area contributed by atoms with Gasteiger partial charge in [-0.2, -0.15) is 9.57 Å². The second-order valence-electron chi connectivity index (χ2n) is 6.47. The van der Waals surface area contributed by atoms with Gasteiger partial charge in [0.15, 0.2) is 5.78 Å². The average molecular weight is 397 g/mol. The smallest absolute Gasteiger partial charge is 0.253 e. The van der Waals surface area contributed by atoms with Crippen LogP contribution in [0.25, 0.3) is 0 Å². The molecule has 0 aliphatic carbocycles. The van der Waals surface area contributed by atoms with Crippen LogP contribution in [0.5, 0.6) is 0 Å². The fourth-order valence-electron chi connectivity index (χ4n) is 3.01. The van der Waals surface area contributed by atoms with Crippen molar-refractivity contribution in [1.29, 1.82) is 5.26 Å². The summed E-state index contributed by atoms with van der Waals surface area (Å²) in [5, 5.41) is 8.83. The molecular weight excluding hydrogens is 378 g/mol. The van der Waals surface area contributed by atoms with Crippen LogP contribution in [0.1, 0.15) is 33.2 Å². The van der Waals surface area contributed by atoms with Crippen molar-refractivity contribution in [1.82, 2.24) is 9.21 Å². The van der Waals surface area contributed by atoms with E-state index in [0.29, 0.717) is 16.7 Å². The van der Waals surface area contributed by atoms with Crippen LogP contribution in [0, 0.1) is 11.3 Å². The van der Waals surface area contributed by atoms with Crippen LogP contribution in [0.2, 0.25) is 0 Å². The van der Waals surface area contributed by atoms with Crippen molar-refractivity contribution in [2.24, 2.45) is 0 Å². The summed E-state index contributed by atoms with van der Waals surface area (Å²) in [5.74, 6) is -0.314. The van der Waals surface area contributed by atoms with Gasteiger partial charge in [0, 0.05) is 37.3 Å². The summed E-state index contributed by atoms with van der Waals surface area (Å²) in [6.07, 6.45) is 0. The van der Waals surface area contributed by atoms with Crippen molar-refractivity contribution in [3.05, 3.63) is 65.2 Å². The van der Waals surface area contributed by atoms with Gasteiger partial charge in [-0.15, -0.1) is 0 Å². The number of nitriles is 1. The largest absolute Gasteiger partial charge is 0.336 e. The van der Waals surface area contributed by atoms with Crippen LogP contribution in [0.15, 0.2) is 53.4 Å². The Morgan fingerprint density at radius 1 is 0.893 bits per heavy atom. The Morgan fingerprint density at radius 2 is 1.43 bits per heavy atom. The van der Waals surface area contributed by atoms with E-state index in [1.807, 2.05) is 6.07 Å². The van der Waals surface area contributed by atoms with Crippen molar-refractivity contribution in [2.75, 3.05) is 26.2 Å². The fourth-order valence-corrected chi connectivity index (χ4v) is 4.43. The quantitative estimate of drug-likeness (QED) is 0.734. The van der Waals surface area contributed by atoms with E-state index in [1.54, 1.807) is 29.2 Å². The Bertz CT molecular complexity index is 1030. The van der Waals surface area contributed by atoms with E-state index < -0.39 is 10.0 Å². The van der Waals surface area contributed by atoms with Gasteiger partial charge in [0.25, 0.3) is 5.91 Å². The standard InChI is InChI=1S/C20H19N3O4S/c1-15(24)17-6-8-19(9-7-17)28(26,27)23-12-10-22(11-13-23)20(25)18-4-2-16(14-21)3-5-18/h2-9H,10-13H2,1H3. The van der Waals surface area contributed by atoms with E-state index in [2.05, 4.69) is 0 Å². The predicted octanol–water partition coefficient (Wildman–Crippen LogP) is 1.91. The second-order valence-corrected chi connectivity index (χ2v) is 8.40. The van der Waals surface area contributed by atoms with Crippen molar-refractivity contribution < 1.29 is 18.0 Å². The van der Waals surface area contributed by atoms with Gasteiger partial charge in [0.2, 0.25) is 10.0 Å². The number of rotatable bonds is 4. The Balaban J connectivity index is 1.67. The summed E-state index contributed by atoms with van der Waals surface area (Å²) in [5.41, 5.74) is 1.40. The number of carbonyl (C=O) groups excluding carboxylic acids is 2. The van der Waals surface area contributed by atoms with E-state index in [-0.39, 0.29) is 42.8 Å². The number of piperazine rings is 1. The SMILES string of the molecule is CC(=O)c1ccc(S(=O)(=O)N2CCN(C(=O)c3ccc(C#N)cc3)CC2)cc1. The van der Waals surface area contributed by atoms with Crippen molar-refractivity contribution in [3.63, 3.8) is 0 Å². The molecule has 1 amide bonds. The number of sulfonamides is 1. The van der Waals surface area contributed by atoms with Crippen LogP contribution in [0.3, 0.4) is 0 Å². The molecule has 0 N–H and O–H groups in total. The van der Waals surface area contributed by atoms with Gasteiger partial charge < -0.3 is 4.90 Å². The Hall–Kier alpha value is -3.02. The molecule has 0 radical (unpaired) electrons. The second kappa shape index (κ2) is 7.92. The van der Waals surface area contributed by atoms with Gasteiger partial charge in [0.05, 0.1) is 16.5 Å². The zero-order chi connectivity index (χ0) is 20.3. The minimum atomic E-state index is -3.68. The van der Waals surface area contributed by atoms with Crippen molar-refractivity contribution in [3.8, 4) is 6.07 Å². The van der Waals surface area contributed by atoms with Crippen molar-refractivity contribution in [2.45, 2.75) is 11.8 Å². The first-order valence-corrected chi connectivity index (χ1v) is 10.2. The molecule has 0 saturated carbocycles. The molecule has 8 heteroatoms. The molecule has 0 spiro atoms. The molecule has 2 aromatic rings. The molecule has 1 aliphatic heterocycles. The van der Waals surface area contributed by atoms with E-state index in [4.69, 9.17) is 5.26 Å². The minimum Gasteiger partial charge on any atom is -0.336 e. The number of hydrogen-bond donors (Lipinski definition) is 0. The van der Waals surface area contributed by atoms with E-state index in [0.717, 1.165) is 0 Å². The number of ketones is 1. The lowest BCUT2D eigenvalue weighted by atomic mass is 10.1. The molecule has 0 unspecified atom stereocenters. The lowest BCUT2D eigenvalue weighted by molar-refractivity contribution is 0.0698. The summed E-state index contributed by atoms with van der Waals surface area (Å²) in [4.78, 5) is 25.7. The summed E-state index contributed by atoms with van der Waals surface area (Å²) < 4.78 is 26.9. The maximum atomic E-state index is 12.8. The third kappa shape index (κ3) is 3.96. The highest BCUT2D eigenvalue weighted by Gasteiger charge is 2.30. The summed E-state index contributed by atoms with van der Waals surface area (Å²) in [6, 6.07) is 14.2. The molecule has 0 atom stereocenters. The van der Waals surface area contributed by atoms with E-state index >= 15 is 0 Å². The average Bonchev–Trinajstić information content (AvgIpc) is 2.73. The molecule has 1 saturated heterocycles. The van der Waals surface area contributed by atoms with Gasteiger partial charge in [-0.25, -0.2) is 8.42 Å². The molecule has 144 valence electrons. The predicted molar refractivity (Wildman–Crippen MR) is 102 cm³/mol. The Labute approximate surface area is 163 Å². The van der Waals surface area contributed by atoms with Gasteiger partial charge in [-0.05, 0) is 43.3 Å². The zero-order valence-corrected chi connectivity index (χ0v) is 16.1. The maximum Gasteiger partial charge on any atom is 0.253 e. The monoisotopic (exact) mass is 397 g/mol. The number of carbonyl (C=O) groups is 2. The summed E-state index contributed by atoms with van der Waals surface area (Å²) in [7, 11) is -3.68. The van der Waals surface area contributed by atoms with E-state index in [1.165, 1.54) is 35.5 Å². The fraction of sp³-hybridized carbons (Fsp3) is 0.250. The summed E-state index contributed by atoms with van der Waals surface area (Å²) >= 11 is 0. The highest BCUT2D eigenvalue weighted by molar-refractivity contribution is 7.89. The lowest BCUT2D eigenvalue weighted by Crippen LogP contribution is -2.50. The first-order valence-electron chi connectivity index (χ1n) is 8.73. The number of nitrogens with zero attached hydrogens (tertiary/aromatic N) is 3. The Kier molecular flexibility index (Phi) is 5.58. The maximum absolute atomic E-state index is 12.8. The van der Waals surface area contributed by atoms with Crippen LogP contribution in [-0.4, -0.2) is 55.5 Å². The number of benzene rings is 2. The normalized spacial score (nSPS) is 15.1. The molecule has 0 bridgehead atoms. The van der Waals surface area contributed by atoms with Crippen LogP contribution < -0.4 is 0 Å². The number of amides is 1. The van der Waals surface area contributed by atoms with E-state index in [9.17, 15) is 18.0 Å². The third-order valence-electron chi connectivity index (χ3n) is 4.69. The molecule has 28 heavy (non-hydrogen) atoms. The van der Waals surface area contributed by atoms with Gasteiger partial charge in [0.1, 0.15) is 0 Å². The highest BCUT2D eigenvalue weighted by atomic mass is 32.2. The first-order chi connectivity index (χ1) is 13.3. The molecule has 2 aromatic carbocycles. The van der Waals surface area contributed by atoms with Crippen LogP contribution in [0.4, 0.5) is 0 Å². The van der Waals surface area contributed by atoms with Crippen molar-refractivity contribution >= 4 is 21.7 Å². The van der Waals surface area contributed by atoms with Gasteiger partial charge in [-0.3, -0.25) is 9.59 Å². The molecule has 1 heterocycles. The summed E-state index contributed by atoms with van der Waals surface area (Å²) in [6.45, 7) is 2.37. The van der Waals surface area contributed by atoms with Gasteiger partial charge in [-0.1, -0.05) is 12.1 Å². The van der Waals surface area contributed by atoms with Crippen LogP contribution in [-0.2, 0) is 10.0 Å². The Morgan fingerprint density at radius 3 is 1.93 bits per heavy atom. The number of Topliss-reactive ketones (excluding diaryl/α,β-unsaturated/α-hetero) is 1. The third-order valence-corrected chi connectivity index (χ3v) is 6.60. The minimum absolute atomic E-state index is 0.126. The number of hydrogen-bond acceptors (Lipinski definition) is 5. The molecule has 1 aliphatic rings. The van der Waals surface area contributed by atoms with Gasteiger partial charge >= 0.3 is 0 Å². The first kappa shape index (κ1) is 19.7. The molecule has 7 nitrogen and oxygen atoms in total. The zero-order valence-electron chi connectivity index (χ0n) is 15.3. The highest BCUT2D eigenvalue weighted by Crippen LogP contribution is 2.19. The molecule has 0 aromatic heterocycles. The lowest BCUT2D eigenvalue weighted by Gasteiger charge is -2.34. The molecular formula is C20H19N3O4S. The molecule has 3 rings (SSSR count). The van der Waals surface area contributed by atoms with Crippen LogP contribution >= 0.6 is 0 Å². The topological polar surface area (TPSA) is 98.6 Å². The molecule has 1 fully saturated rings.